The van der Waals surface area contributed by atoms with Gasteiger partial charge in [-0.05, 0) is 53.9 Å². The van der Waals surface area contributed by atoms with Crippen molar-refractivity contribution in [3.63, 3.8) is 0 Å². The molecule has 0 spiro atoms. The number of rotatable bonds is 4. The van der Waals surface area contributed by atoms with Crippen LogP contribution in [0.3, 0.4) is 0 Å². The molecule has 0 saturated carbocycles. The third-order valence-corrected chi connectivity index (χ3v) is 3.86. The van der Waals surface area contributed by atoms with E-state index in [1.807, 2.05) is 28.9 Å². The highest BCUT2D eigenvalue weighted by Crippen LogP contribution is 2.27. The van der Waals surface area contributed by atoms with Gasteiger partial charge in [-0.2, -0.15) is 5.10 Å². The Morgan fingerprint density at radius 3 is 2.53 bits per heavy atom. The monoisotopic (exact) mass is 341 g/mol. The molecule has 0 aliphatic heterocycles. The summed E-state index contributed by atoms with van der Waals surface area (Å²) in [6, 6.07) is 7.98. The second-order valence-electron chi connectivity index (χ2n) is 4.85. The van der Waals surface area contributed by atoms with Crippen LogP contribution in [-0.2, 0) is 6.42 Å². The maximum atomic E-state index is 6.33. The summed E-state index contributed by atoms with van der Waals surface area (Å²) in [5.74, 6) is 0. The molecule has 0 aliphatic carbocycles. The molecular formula is C14H17BrClN3. The van der Waals surface area contributed by atoms with Crippen LogP contribution in [0.5, 0.6) is 0 Å². The Morgan fingerprint density at radius 1 is 1.32 bits per heavy atom. The van der Waals surface area contributed by atoms with Crippen molar-refractivity contribution in [3.8, 4) is 0 Å². The maximum Gasteiger partial charge on any atom is 0.0699 e. The fraction of sp³-hybridized carbons (Fsp3) is 0.357. The van der Waals surface area contributed by atoms with Crippen LogP contribution >= 0.6 is 27.5 Å². The summed E-state index contributed by atoms with van der Waals surface area (Å²) in [5, 5.41) is 5.10. The Kier molecular flexibility index (Phi) is 4.66. The molecule has 19 heavy (non-hydrogen) atoms. The zero-order valence-corrected chi connectivity index (χ0v) is 13.3. The van der Waals surface area contributed by atoms with E-state index in [1.54, 1.807) is 6.20 Å². The maximum absolute atomic E-state index is 6.33. The molecule has 1 unspecified atom stereocenters. The average molecular weight is 343 g/mol. The van der Waals surface area contributed by atoms with Gasteiger partial charge in [0, 0.05) is 11.1 Å². The third kappa shape index (κ3) is 3.38. The number of aromatic nitrogens is 2. The quantitative estimate of drug-likeness (QED) is 0.908. The topological polar surface area (TPSA) is 43.8 Å². The molecule has 3 nitrogen and oxygen atoms in total. The number of hydrogen-bond donors (Lipinski definition) is 1. The van der Waals surface area contributed by atoms with Gasteiger partial charge in [-0.3, -0.25) is 4.68 Å². The van der Waals surface area contributed by atoms with E-state index in [4.69, 9.17) is 17.3 Å². The van der Waals surface area contributed by atoms with Crippen molar-refractivity contribution in [2.24, 2.45) is 5.73 Å². The Labute approximate surface area is 126 Å². The highest BCUT2D eigenvalue weighted by molar-refractivity contribution is 9.10. The molecule has 0 amide bonds. The van der Waals surface area contributed by atoms with Gasteiger partial charge >= 0.3 is 0 Å². The van der Waals surface area contributed by atoms with Crippen molar-refractivity contribution < 1.29 is 0 Å². The van der Waals surface area contributed by atoms with E-state index in [1.165, 1.54) is 5.56 Å². The van der Waals surface area contributed by atoms with E-state index in [9.17, 15) is 0 Å². The van der Waals surface area contributed by atoms with Crippen molar-refractivity contribution in [2.45, 2.75) is 32.4 Å². The first-order valence-corrected chi connectivity index (χ1v) is 7.39. The second kappa shape index (κ2) is 6.07. The lowest BCUT2D eigenvalue weighted by molar-refractivity contribution is 0.484. The van der Waals surface area contributed by atoms with Gasteiger partial charge in [-0.1, -0.05) is 23.7 Å². The minimum atomic E-state index is -0.0968. The standard InChI is InChI=1S/C14H17BrClN3/c1-9(2)19-14(12(15)8-18-19)13(17)7-10-3-5-11(16)6-4-10/h3-6,8-9,13H,7,17H2,1-2H3. The third-order valence-electron chi connectivity index (χ3n) is 3.00. The van der Waals surface area contributed by atoms with E-state index in [-0.39, 0.29) is 12.1 Å². The Balaban J connectivity index is 2.22. The van der Waals surface area contributed by atoms with Gasteiger partial charge in [0.25, 0.3) is 0 Å². The summed E-state index contributed by atoms with van der Waals surface area (Å²) >= 11 is 9.41. The molecule has 102 valence electrons. The molecule has 2 aromatic rings. The molecular weight excluding hydrogens is 326 g/mol. The summed E-state index contributed by atoms with van der Waals surface area (Å²) < 4.78 is 2.92. The van der Waals surface area contributed by atoms with Gasteiger partial charge in [0.05, 0.1) is 22.4 Å². The SMILES string of the molecule is CC(C)n1ncc(Br)c1C(N)Cc1ccc(Cl)cc1. The van der Waals surface area contributed by atoms with Crippen LogP contribution in [-0.4, -0.2) is 9.78 Å². The molecule has 0 saturated heterocycles. The fourth-order valence-electron chi connectivity index (χ4n) is 2.08. The summed E-state index contributed by atoms with van der Waals surface area (Å²) in [4.78, 5) is 0. The molecule has 1 heterocycles. The van der Waals surface area contributed by atoms with Crippen LogP contribution in [0.15, 0.2) is 34.9 Å². The molecule has 0 aliphatic rings. The minimum absolute atomic E-state index is 0.0968. The van der Waals surface area contributed by atoms with Gasteiger partial charge in [0.1, 0.15) is 0 Å². The van der Waals surface area contributed by atoms with Crippen LogP contribution in [0.1, 0.15) is 37.2 Å². The lowest BCUT2D eigenvalue weighted by Gasteiger charge is -2.17. The van der Waals surface area contributed by atoms with Crippen LogP contribution in [0.2, 0.25) is 5.02 Å². The number of hydrogen-bond acceptors (Lipinski definition) is 2. The summed E-state index contributed by atoms with van der Waals surface area (Å²) in [6.07, 6.45) is 2.56. The van der Waals surface area contributed by atoms with Crippen molar-refractivity contribution in [1.29, 1.82) is 0 Å². The molecule has 1 atom stereocenters. The Bertz CT molecular complexity index is 548. The van der Waals surface area contributed by atoms with Crippen LogP contribution < -0.4 is 5.73 Å². The van der Waals surface area contributed by atoms with Gasteiger partial charge in [0.15, 0.2) is 0 Å². The van der Waals surface area contributed by atoms with Gasteiger partial charge in [-0.15, -0.1) is 0 Å². The minimum Gasteiger partial charge on any atom is -0.322 e. The first kappa shape index (κ1) is 14.6. The van der Waals surface area contributed by atoms with Crippen molar-refractivity contribution in [1.82, 2.24) is 9.78 Å². The molecule has 0 fully saturated rings. The summed E-state index contributed by atoms with van der Waals surface area (Å²) in [5.41, 5.74) is 8.52. The van der Waals surface area contributed by atoms with Crippen molar-refractivity contribution in [2.75, 3.05) is 0 Å². The van der Waals surface area contributed by atoms with Crippen LogP contribution in [0, 0.1) is 0 Å². The Hall–Kier alpha value is -0.840. The van der Waals surface area contributed by atoms with Crippen molar-refractivity contribution >= 4 is 27.5 Å². The van der Waals surface area contributed by atoms with E-state index in [0.717, 1.165) is 21.6 Å². The molecule has 1 aromatic carbocycles. The summed E-state index contributed by atoms with van der Waals surface area (Å²) in [7, 11) is 0. The first-order chi connectivity index (χ1) is 8.99. The number of halogens is 2. The lowest BCUT2D eigenvalue weighted by atomic mass is 10.0. The predicted molar refractivity (Wildman–Crippen MR) is 82.4 cm³/mol. The van der Waals surface area contributed by atoms with Gasteiger partial charge in [0.2, 0.25) is 0 Å². The molecule has 5 heteroatoms. The van der Waals surface area contributed by atoms with Crippen LogP contribution in [0.4, 0.5) is 0 Å². The molecule has 1 aromatic heterocycles. The molecule has 0 radical (unpaired) electrons. The van der Waals surface area contributed by atoms with Gasteiger partial charge < -0.3 is 5.73 Å². The number of nitrogens with two attached hydrogens (primary N) is 1. The molecule has 2 N–H and O–H groups in total. The average Bonchev–Trinajstić information content (AvgIpc) is 2.74. The van der Waals surface area contributed by atoms with E-state index in [2.05, 4.69) is 34.9 Å². The smallest absolute Gasteiger partial charge is 0.0699 e. The summed E-state index contributed by atoms with van der Waals surface area (Å²) in [6.45, 7) is 4.19. The van der Waals surface area contributed by atoms with Crippen molar-refractivity contribution in [3.05, 3.63) is 51.2 Å². The Morgan fingerprint density at radius 2 is 1.95 bits per heavy atom. The zero-order chi connectivity index (χ0) is 14.0. The van der Waals surface area contributed by atoms with E-state index >= 15 is 0 Å². The highest BCUT2D eigenvalue weighted by Gasteiger charge is 2.18. The number of nitrogens with zero attached hydrogens (tertiary/aromatic N) is 2. The van der Waals surface area contributed by atoms with Gasteiger partial charge in [-0.25, -0.2) is 0 Å². The molecule has 2 rings (SSSR count). The fourth-order valence-corrected chi connectivity index (χ4v) is 2.77. The first-order valence-electron chi connectivity index (χ1n) is 6.22. The highest BCUT2D eigenvalue weighted by atomic mass is 79.9. The largest absolute Gasteiger partial charge is 0.322 e. The zero-order valence-electron chi connectivity index (χ0n) is 11.0. The van der Waals surface area contributed by atoms with Crippen LogP contribution in [0.25, 0.3) is 0 Å². The van der Waals surface area contributed by atoms with E-state index in [0.29, 0.717) is 0 Å². The molecule has 0 bridgehead atoms. The lowest BCUT2D eigenvalue weighted by Crippen LogP contribution is -2.20. The predicted octanol–water partition coefficient (Wildman–Crippen LogP) is 4.12. The normalized spacial score (nSPS) is 12.9. The number of benzene rings is 1. The van der Waals surface area contributed by atoms with E-state index < -0.39 is 0 Å². The second-order valence-corrected chi connectivity index (χ2v) is 6.14.